The molecule has 0 amide bonds. The minimum absolute atomic E-state index is 0.0491. The average Bonchev–Trinajstić information content (AvgIpc) is 2.51. The van der Waals surface area contributed by atoms with E-state index in [1.165, 1.54) is 11.8 Å². The topological polar surface area (TPSA) is 63.1 Å². The molecule has 1 heterocycles. The van der Waals surface area contributed by atoms with Crippen molar-refractivity contribution in [3.8, 4) is 11.1 Å². The van der Waals surface area contributed by atoms with Gasteiger partial charge in [-0.15, -0.1) is 0 Å². The first-order chi connectivity index (χ1) is 10.0. The van der Waals surface area contributed by atoms with E-state index in [4.69, 9.17) is 0 Å². The lowest BCUT2D eigenvalue weighted by molar-refractivity contribution is 0.0690. The van der Waals surface area contributed by atoms with Gasteiger partial charge in [0.15, 0.2) is 10.9 Å². The number of nitrogens with zero attached hydrogens (tertiary/aromatic N) is 2. The molecule has 2 aromatic rings. The van der Waals surface area contributed by atoms with Gasteiger partial charge in [0, 0.05) is 11.8 Å². The molecule has 0 aliphatic rings. The predicted molar refractivity (Wildman–Crippen MR) is 87.0 cm³/mol. The zero-order chi connectivity index (χ0) is 16.0. The fraction of sp³-hybridized carbons (Fsp3) is 0.312. The quantitative estimate of drug-likeness (QED) is 0.680. The second-order valence-corrected chi connectivity index (χ2v) is 4.95. The van der Waals surface area contributed by atoms with Gasteiger partial charge in [0.1, 0.15) is 0 Å². The molecule has 0 unspecified atom stereocenters. The van der Waals surface area contributed by atoms with Gasteiger partial charge < -0.3 is 5.11 Å². The van der Waals surface area contributed by atoms with Crippen molar-refractivity contribution in [2.45, 2.75) is 32.9 Å². The molecule has 1 aromatic heterocycles. The van der Waals surface area contributed by atoms with E-state index in [2.05, 4.69) is 9.97 Å². The van der Waals surface area contributed by atoms with Crippen LogP contribution in [0.3, 0.4) is 0 Å². The number of hydrogen-bond acceptors (Lipinski definition) is 4. The van der Waals surface area contributed by atoms with Gasteiger partial charge in [0.2, 0.25) is 0 Å². The SMILES string of the molecule is CC.CSc1ncc(-c2cccc(C)c2C)c(C(=O)O)n1. The molecule has 0 bridgehead atoms. The van der Waals surface area contributed by atoms with E-state index in [9.17, 15) is 9.90 Å². The Balaban J connectivity index is 0.00000106. The summed E-state index contributed by atoms with van der Waals surface area (Å²) in [7, 11) is 0. The van der Waals surface area contributed by atoms with Crippen molar-refractivity contribution in [2.75, 3.05) is 6.26 Å². The Labute approximate surface area is 129 Å². The molecule has 112 valence electrons. The highest BCUT2D eigenvalue weighted by Gasteiger charge is 2.17. The summed E-state index contributed by atoms with van der Waals surface area (Å²) in [6, 6.07) is 5.80. The molecule has 21 heavy (non-hydrogen) atoms. The lowest BCUT2D eigenvalue weighted by atomic mass is 9.97. The molecule has 0 aliphatic carbocycles. The Morgan fingerprint density at radius 3 is 2.43 bits per heavy atom. The molecule has 0 saturated carbocycles. The molecule has 4 nitrogen and oxygen atoms in total. The molecule has 1 N–H and O–H groups in total. The molecule has 0 saturated heterocycles. The lowest BCUT2D eigenvalue weighted by Crippen LogP contribution is -2.06. The van der Waals surface area contributed by atoms with Crippen molar-refractivity contribution in [1.82, 2.24) is 9.97 Å². The maximum absolute atomic E-state index is 11.4. The summed E-state index contributed by atoms with van der Waals surface area (Å²) in [4.78, 5) is 19.6. The van der Waals surface area contributed by atoms with Crippen LogP contribution in [-0.4, -0.2) is 27.3 Å². The van der Waals surface area contributed by atoms with Crippen LogP contribution in [0.15, 0.2) is 29.6 Å². The molecule has 0 aliphatic heterocycles. The molecule has 2 rings (SSSR count). The minimum atomic E-state index is -1.03. The third-order valence-electron chi connectivity index (χ3n) is 3.05. The summed E-state index contributed by atoms with van der Waals surface area (Å²) in [5.41, 5.74) is 3.64. The molecular formula is C16H20N2O2S. The van der Waals surface area contributed by atoms with Gasteiger partial charge in [-0.3, -0.25) is 0 Å². The average molecular weight is 304 g/mol. The number of thioether (sulfide) groups is 1. The highest BCUT2D eigenvalue weighted by Crippen LogP contribution is 2.28. The number of hydrogen-bond donors (Lipinski definition) is 1. The molecule has 1 aromatic carbocycles. The van der Waals surface area contributed by atoms with Crippen molar-refractivity contribution < 1.29 is 9.90 Å². The molecule has 5 heteroatoms. The van der Waals surface area contributed by atoms with Crippen LogP contribution < -0.4 is 0 Å². The van der Waals surface area contributed by atoms with Crippen molar-refractivity contribution in [3.63, 3.8) is 0 Å². The first kappa shape index (κ1) is 17.2. The summed E-state index contributed by atoms with van der Waals surface area (Å²) in [6.07, 6.45) is 3.41. The number of aryl methyl sites for hydroxylation is 1. The van der Waals surface area contributed by atoms with Gasteiger partial charge in [-0.05, 0) is 36.8 Å². The van der Waals surface area contributed by atoms with E-state index < -0.39 is 5.97 Å². The van der Waals surface area contributed by atoms with E-state index in [1.54, 1.807) is 6.20 Å². The van der Waals surface area contributed by atoms with Gasteiger partial charge in [-0.2, -0.15) is 0 Å². The lowest BCUT2D eigenvalue weighted by Gasteiger charge is -2.11. The Bertz CT molecular complexity index is 642. The van der Waals surface area contributed by atoms with Crippen LogP contribution in [0.4, 0.5) is 0 Å². The highest BCUT2D eigenvalue weighted by atomic mass is 32.2. The largest absolute Gasteiger partial charge is 0.476 e. The summed E-state index contributed by atoms with van der Waals surface area (Å²) < 4.78 is 0. The fourth-order valence-electron chi connectivity index (χ4n) is 1.87. The van der Waals surface area contributed by atoms with E-state index in [0.29, 0.717) is 10.7 Å². The third kappa shape index (κ3) is 3.82. The Morgan fingerprint density at radius 1 is 1.19 bits per heavy atom. The van der Waals surface area contributed by atoms with Crippen molar-refractivity contribution in [2.24, 2.45) is 0 Å². The van der Waals surface area contributed by atoms with Crippen LogP contribution in [0.5, 0.6) is 0 Å². The number of benzene rings is 1. The van der Waals surface area contributed by atoms with Gasteiger partial charge in [-0.25, -0.2) is 14.8 Å². The van der Waals surface area contributed by atoms with Crippen LogP contribution in [-0.2, 0) is 0 Å². The number of aromatic nitrogens is 2. The Kier molecular flexibility index (Phi) is 6.37. The third-order valence-corrected chi connectivity index (χ3v) is 3.61. The Hall–Kier alpha value is -1.88. The minimum Gasteiger partial charge on any atom is -0.476 e. The molecule has 0 fully saturated rings. The zero-order valence-corrected chi connectivity index (χ0v) is 13.8. The summed E-state index contributed by atoms with van der Waals surface area (Å²) in [5.74, 6) is -1.03. The summed E-state index contributed by atoms with van der Waals surface area (Å²) in [5, 5.41) is 9.77. The fourth-order valence-corrected chi connectivity index (χ4v) is 2.21. The monoisotopic (exact) mass is 304 g/mol. The van der Waals surface area contributed by atoms with Crippen molar-refractivity contribution in [3.05, 3.63) is 41.2 Å². The van der Waals surface area contributed by atoms with Crippen LogP contribution in [0, 0.1) is 13.8 Å². The van der Waals surface area contributed by atoms with Gasteiger partial charge in [0.25, 0.3) is 0 Å². The van der Waals surface area contributed by atoms with Crippen LogP contribution in [0.1, 0.15) is 35.5 Å². The molecule has 0 spiro atoms. The second kappa shape index (κ2) is 7.78. The zero-order valence-electron chi connectivity index (χ0n) is 13.0. The first-order valence-corrected chi connectivity index (χ1v) is 7.98. The number of carboxylic acids is 1. The van der Waals surface area contributed by atoms with E-state index >= 15 is 0 Å². The maximum atomic E-state index is 11.4. The highest BCUT2D eigenvalue weighted by molar-refractivity contribution is 7.98. The van der Waals surface area contributed by atoms with Gasteiger partial charge in [-0.1, -0.05) is 43.8 Å². The van der Waals surface area contributed by atoms with Gasteiger partial charge >= 0.3 is 5.97 Å². The van der Waals surface area contributed by atoms with Crippen LogP contribution in [0.25, 0.3) is 11.1 Å². The van der Waals surface area contributed by atoms with Crippen LogP contribution >= 0.6 is 11.8 Å². The molecule has 0 radical (unpaired) electrons. The summed E-state index contributed by atoms with van der Waals surface area (Å²) >= 11 is 1.33. The summed E-state index contributed by atoms with van der Waals surface area (Å²) in [6.45, 7) is 7.97. The van der Waals surface area contributed by atoms with E-state index in [0.717, 1.165) is 16.7 Å². The van der Waals surface area contributed by atoms with E-state index in [-0.39, 0.29) is 5.69 Å². The predicted octanol–water partition coefficient (Wildman–Crippen LogP) is 4.21. The first-order valence-electron chi connectivity index (χ1n) is 6.75. The maximum Gasteiger partial charge on any atom is 0.355 e. The Morgan fingerprint density at radius 2 is 1.86 bits per heavy atom. The van der Waals surface area contributed by atoms with Crippen LogP contribution in [0.2, 0.25) is 0 Å². The smallest absolute Gasteiger partial charge is 0.355 e. The standard InChI is InChI=1S/C14H14N2O2S.C2H6/c1-8-5-4-6-10(9(8)2)11-7-15-14(19-3)16-12(11)13(17)18;1-2/h4-7H,1-3H3,(H,17,18);1-2H3. The van der Waals surface area contributed by atoms with Crippen molar-refractivity contribution >= 4 is 17.7 Å². The normalized spacial score (nSPS) is 9.76. The van der Waals surface area contributed by atoms with Crippen molar-refractivity contribution in [1.29, 1.82) is 0 Å². The number of carbonyl (C=O) groups is 1. The number of carboxylic acid groups (broad SMARTS) is 1. The van der Waals surface area contributed by atoms with E-state index in [1.807, 2.05) is 52.1 Å². The number of aromatic carboxylic acids is 1. The molecule has 0 atom stereocenters. The number of rotatable bonds is 3. The second-order valence-electron chi connectivity index (χ2n) is 4.17. The van der Waals surface area contributed by atoms with Gasteiger partial charge in [0.05, 0.1) is 0 Å². The molecular weight excluding hydrogens is 284 g/mol.